The van der Waals surface area contributed by atoms with E-state index in [1.54, 1.807) is 11.9 Å². The van der Waals surface area contributed by atoms with Gasteiger partial charge in [0.15, 0.2) is 5.96 Å². The van der Waals surface area contributed by atoms with Crippen molar-refractivity contribution >= 4 is 34.5 Å². The van der Waals surface area contributed by atoms with Crippen molar-refractivity contribution in [3.8, 4) is 0 Å². The Morgan fingerprint density at radius 3 is 2.44 bits per heavy atom. The van der Waals surface area contributed by atoms with Gasteiger partial charge in [-0.3, -0.25) is 8.96 Å². The van der Waals surface area contributed by atoms with E-state index in [4.69, 9.17) is 0 Å². The first-order valence-electron chi connectivity index (χ1n) is 9.50. The minimum Gasteiger partial charge on any atom is -0.367 e. The van der Waals surface area contributed by atoms with Gasteiger partial charge in [0, 0.05) is 54.9 Å². The van der Waals surface area contributed by atoms with E-state index in [1.807, 2.05) is 0 Å². The predicted molar refractivity (Wildman–Crippen MR) is 114 cm³/mol. The molecule has 5 rings (SSSR count). The lowest BCUT2D eigenvalue weighted by molar-refractivity contribution is 0.378. The van der Waals surface area contributed by atoms with E-state index < -0.39 is 0 Å². The summed E-state index contributed by atoms with van der Waals surface area (Å²) in [5.74, 6) is 1.08. The minimum absolute atomic E-state index is 0.904. The zero-order valence-corrected chi connectivity index (χ0v) is 16.0. The highest BCUT2D eigenvalue weighted by molar-refractivity contribution is 7.98. The first-order chi connectivity index (χ1) is 13.4. The van der Waals surface area contributed by atoms with Gasteiger partial charge in [-0.05, 0) is 42.3 Å². The highest BCUT2D eigenvalue weighted by atomic mass is 32.2. The fraction of sp³-hybridized carbons (Fsp3) is 0.286. The number of anilines is 1. The highest BCUT2D eigenvalue weighted by Gasteiger charge is 2.22. The summed E-state index contributed by atoms with van der Waals surface area (Å²) >= 11 is 1.76. The Bertz CT molecular complexity index is 957. The third-order valence-electron chi connectivity index (χ3n) is 5.20. The fourth-order valence-corrected chi connectivity index (χ4v) is 4.72. The molecule has 1 N–H and O–H groups in total. The summed E-state index contributed by atoms with van der Waals surface area (Å²) in [6.45, 7) is 5.96. The normalized spacial score (nSPS) is 17.3. The molecule has 0 aliphatic carbocycles. The van der Waals surface area contributed by atoms with Crippen LogP contribution in [0.4, 0.5) is 5.69 Å². The van der Waals surface area contributed by atoms with Crippen LogP contribution in [0.5, 0.6) is 0 Å². The topological polar surface area (TPSA) is 35.8 Å². The number of guanidine groups is 1. The zero-order chi connectivity index (χ0) is 18.1. The molecule has 0 atom stereocenters. The lowest BCUT2D eigenvalue weighted by Crippen LogP contribution is -2.51. The van der Waals surface area contributed by atoms with Crippen molar-refractivity contribution in [2.24, 2.45) is 4.99 Å². The molecular weight excluding hydrogens is 354 g/mol. The van der Waals surface area contributed by atoms with Crippen molar-refractivity contribution in [3.05, 3.63) is 60.8 Å². The Kier molecular flexibility index (Phi) is 4.41. The lowest BCUT2D eigenvalue weighted by Gasteiger charge is -2.37. The molecule has 6 heteroatoms. The smallest absolute Gasteiger partial charge is 0.194 e. The molecule has 3 aromatic rings. The third-order valence-corrected chi connectivity index (χ3v) is 6.20. The second-order valence-electron chi connectivity index (χ2n) is 6.86. The van der Waals surface area contributed by atoms with Gasteiger partial charge in [-0.2, -0.15) is 0 Å². The number of nitrogens with zero attached hydrogens (tertiary/aromatic N) is 4. The summed E-state index contributed by atoms with van der Waals surface area (Å²) in [6, 6.07) is 19.4. The summed E-state index contributed by atoms with van der Waals surface area (Å²) in [7, 11) is 0. The van der Waals surface area contributed by atoms with Crippen molar-refractivity contribution < 1.29 is 0 Å². The van der Waals surface area contributed by atoms with Crippen LogP contribution in [0.1, 0.15) is 0 Å². The van der Waals surface area contributed by atoms with Crippen LogP contribution in [0.2, 0.25) is 0 Å². The number of benzene rings is 2. The summed E-state index contributed by atoms with van der Waals surface area (Å²) in [5.41, 5.74) is 2.60. The standard InChI is InChI=1S/C21H23N5S/c1-2-5-17(6-3-1)27-26-12-9-18-19(7-4-8-20(18)26)24-13-15-25(16-14-24)21-22-10-11-23-21/h1-9,12H,10-11,13-16H2,(H,22,23). The van der Waals surface area contributed by atoms with Crippen molar-refractivity contribution in [2.45, 2.75) is 4.90 Å². The van der Waals surface area contributed by atoms with Crippen molar-refractivity contribution in [1.82, 2.24) is 14.2 Å². The van der Waals surface area contributed by atoms with Crippen LogP contribution < -0.4 is 10.2 Å². The molecule has 0 radical (unpaired) electrons. The van der Waals surface area contributed by atoms with E-state index in [0.717, 1.165) is 45.2 Å². The van der Waals surface area contributed by atoms with Gasteiger partial charge in [-0.1, -0.05) is 24.3 Å². The van der Waals surface area contributed by atoms with E-state index in [-0.39, 0.29) is 0 Å². The molecule has 5 nitrogen and oxygen atoms in total. The van der Waals surface area contributed by atoms with Crippen LogP contribution in [0.25, 0.3) is 10.9 Å². The Hall–Kier alpha value is -2.60. The molecule has 2 aliphatic rings. The van der Waals surface area contributed by atoms with Crippen LogP contribution in [0.15, 0.2) is 70.7 Å². The second kappa shape index (κ2) is 7.19. The van der Waals surface area contributed by atoms with Gasteiger partial charge < -0.3 is 15.1 Å². The van der Waals surface area contributed by atoms with Crippen molar-refractivity contribution in [2.75, 3.05) is 44.2 Å². The summed E-state index contributed by atoms with van der Waals surface area (Å²) in [4.78, 5) is 10.7. The summed E-state index contributed by atoms with van der Waals surface area (Å²) in [6.07, 6.45) is 2.18. The molecule has 0 unspecified atom stereocenters. The van der Waals surface area contributed by atoms with Gasteiger partial charge in [-0.25, -0.2) is 0 Å². The number of fused-ring (bicyclic) bond motifs is 1. The number of nitrogens with one attached hydrogen (secondary N) is 1. The molecule has 138 valence electrons. The lowest BCUT2D eigenvalue weighted by atomic mass is 10.2. The molecule has 2 aromatic carbocycles. The Balaban J connectivity index is 1.37. The number of hydrogen-bond donors (Lipinski definition) is 1. The van der Waals surface area contributed by atoms with E-state index in [2.05, 4.69) is 84.9 Å². The monoisotopic (exact) mass is 377 g/mol. The Labute approximate surface area is 163 Å². The van der Waals surface area contributed by atoms with Crippen LogP contribution in [0.3, 0.4) is 0 Å². The quantitative estimate of drug-likeness (QED) is 0.760. The molecule has 0 amide bonds. The molecule has 0 bridgehead atoms. The first-order valence-corrected chi connectivity index (χ1v) is 10.3. The number of aliphatic imine (C=N–C) groups is 1. The zero-order valence-electron chi connectivity index (χ0n) is 15.2. The van der Waals surface area contributed by atoms with Gasteiger partial charge in [0.25, 0.3) is 0 Å². The fourth-order valence-electron chi connectivity index (χ4n) is 3.83. The largest absolute Gasteiger partial charge is 0.367 e. The minimum atomic E-state index is 0.904. The Morgan fingerprint density at radius 1 is 0.852 bits per heavy atom. The molecule has 27 heavy (non-hydrogen) atoms. The molecule has 0 saturated carbocycles. The van der Waals surface area contributed by atoms with Crippen LogP contribution in [-0.4, -0.2) is 54.1 Å². The average Bonchev–Trinajstić information content (AvgIpc) is 3.40. The number of hydrogen-bond acceptors (Lipinski definition) is 5. The highest BCUT2D eigenvalue weighted by Crippen LogP contribution is 2.32. The summed E-state index contributed by atoms with van der Waals surface area (Å²) < 4.78 is 2.27. The van der Waals surface area contributed by atoms with Gasteiger partial charge in [0.05, 0.1) is 12.1 Å². The van der Waals surface area contributed by atoms with E-state index in [9.17, 15) is 0 Å². The molecule has 2 aliphatic heterocycles. The molecular formula is C21H23N5S. The van der Waals surface area contributed by atoms with Crippen molar-refractivity contribution in [3.63, 3.8) is 0 Å². The first kappa shape index (κ1) is 16.6. The van der Waals surface area contributed by atoms with E-state index >= 15 is 0 Å². The third kappa shape index (κ3) is 3.25. The number of piperazine rings is 1. The van der Waals surface area contributed by atoms with Gasteiger partial charge >= 0.3 is 0 Å². The Morgan fingerprint density at radius 2 is 1.67 bits per heavy atom. The number of rotatable bonds is 3. The van der Waals surface area contributed by atoms with Gasteiger partial charge in [0.2, 0.25) is 0 Å². The van der Waals surface area contributed by atoms with Crippen LogP contribution in [0, 0.1) is 0 Å². The molecule has 0 spiro atoms. The molecule has 1 saturated heterocycles. The van der Waals surface area contributed by atoms with E-state index in [0.29, 0.717) is 0 Å². The maximum absolute atomic E-state index is 4.56. The molecule has 3 heterocycles. The maximum atomic E-state index is 4.56. The average molecular weight is 378 g/mol. The molecule has 1 fully saturated rings. The van der Waals surface area contributed by atoms with Gasteiger partial charge in [-0.15, -0.1) is 0 Å². The number of aromatic nitrogens is 1. The van der Waals surface area contributed by atoms with Crippen LogP contribution in [-0.2, 0) is 0 Å². The predicted octanol–water partition coefficient (Wildman–Crippen LogP) is 3.28. The molecule has 1 aromatic heterocycles. The van der Waals surface area contributed by atoms with Gasteiger partial charge in [0.1, 0.15) is 0 Å². The summed E-state index contributed by atoms with van der Waals surface area (Å²) in [5, 5.41) is 4.71. The maximum Gasteiger partial charge on any atom is 0.194 e. The second-order valence-corrected chi connectivity index (χ2v) is 7.91. The SMILES string of the molecule is c1ccc(Sn2ccc3c(N4CCN(C5=NCCN5)CC4)cccc32)cc1. The van der Waals surface area contributed by atoms with E-state index in [1.165, 1.54) is 21.5 Å². The van der Waals surface area contributed by atoms with Crippen LogP contribution >= 0.6 is 11.9 Å². The van der Waals surface area contributed by atoms with Crippen molar-refractivity contribution in [1.29, 1.82) is 0 Å².